The third-order valence-electron chi connectivity index (χ3n) is 3.97. The standard InChI is InChI=1S/C16H21BrF3NO/c1-11(8-12-4-6-21-7-5-12)10-22-13-2-3-15(17)14(9-13)16(18,19)20/h2-3,9,11-12,21H,4-8,10H2,1H3/t11-/m0/s1. The second-order valence-corrected chi connectivity index (χ2v) is 6.84. The minimum atomic E-state index is -4.38. The summed E-state index contributed by atoms with van der Waals surface area (Å²) in [5.74, 6) is 1.30. The van der Waals surface area contributed by atoms with Crippen molar-refractivity contribution >= 4 is 15.9 Å². The highest BCUT2D eigenvalue weighted by Crippen LogP contribution is 2.37. The summed E-state index contributed by atoms with van der Waals surface area (Å²) in [5, 5.41) is 3.33. The first kappa shape index (κ1) is 17.6. The van der Waals surface area contributed by atoms with Crippen LogP contribution in [0.1, 0.15) is 31.7 Å². The van der Waals surface area contributed by atoms with Crippen LogP contribution in [0.5, 0.6) is 5.75 Å². The highest BCUT2D eigenvalue weighted by molar-refractivity contribution is 9.10. The Balaban J connectivity index is 1.88. The summed E-state index contributed by atoms with van der Waals surface area (Å²) >= 11 is 2.93. The van der Waals surface area contributed by atoms with Crippen LogP contribution in [0.4, 0.5) is 13.2 Å². The average Bonchev–Trinajstić information content (AvgIpc) is 2.46. The Labute approximate surface area is 137 Å². The van der Waals surface area contributed by atoms with E-state index in [-0.39, 0.29) is 10.2 Å². The van der Waals surface area contributed by atoms with Gasteiger partial charge in [0.25, 0.3) is 0 Å². The summed E-state index contributed by atoms with van der Waals surface area (Å²) in [4.78, 5) is 0. The Morgan fingerprint density at radius 1 is 1.32 bits per heavy atom. The van der Waals surface area contributed by atoms with Gasteiger partial charge < -0.3 is 10.1 Å². The summed E-state index contributed by atoms with van der Waals surface area (Å²) in [6.07, 6.45) is -0.981. The summed E-state index contributed by atoms with van der Waals surface area (Å²) in [6.45, 7) is 4.65. The number of hydrogen-bond acceptors (Lipinski definition) is 2. The van der Waals surface area contributed by atoms with E-state index < -0.39 is 11.7 Å². The number of nitrogens with one attached hydrogen (secondary N) is 1. The molecule has 1 aromatic rings. The summed E-state index contributed by atoms with van der Waals surface area (Å²) in [7, 11) is 0. The molecule has 1 fully saturated rings. The predicted molar refractivity (Wildman–Crippen MR) is 84.0 cm³/mol. The van der Waals surface area contributed by atoms with Gasteiger partial charge in [0.1, 0.15) is 5.75 Å². The molecule has 0 unspecified atom stereocenters. The van der Waals surface area contributed by atoms with Gasteiger partial charge in [0.05, 0.1) is 12.2 Å². The van der Waals surface area contributed by atoms with E-state index in [1.54, 1.807) is 6.07 Å². The van der Waals surface area contributed by atoms with Gasteiger partial charge >= 0.3 is 6.18 Å². The maximum absolute atomic E-state index is 12.8. The molecule has 0 aliphatic carbocycles. The molecular formula is C16H21BrF3NO. The van der Waals surface area contributed by atoms with Gasteiger partial charge in [0.2, 0.25) is 0 Å². The molecule has 1 aliphatic heterocycles. The number of piperidine rings is 1. The summed E-state index contributed by atoms with van der Waals surface area (Å²) in [6, 6.07) is 4.01. The summed E-state index contributed by atoms with van der Waals surface area (Å²) in [5.41, 5.74) is -0.698. The molecule has 1 saturated heterocycles. The van der Waals surface area contributed by atoms with E-state index >= 15 is 0 Å². The van der Waals surface area contributed by atoms with Crippen molar-refractivity contribution in [1.82, 2.24) is 5.32 Å². The molecule has 2 rings (SSSR count). The lowest BCUT2D eigenvalue weighted by molar-refractivity contribution is -0.138. The van der Waals surface area contributed by atoms with Crippen molar-refractivity contribution in [2.75, 3.05) is 19.7 Å². The van der Waals surface area contributed by atoms with Crippen molar-refractivity contribution in [2.24, 2.45) is 11.8 Å². The quantitative estimate of drug-likeness (QED) is 0.787. The molecule has 22 heavy (non-hydrogen) atoms. The Kier molecular flexibility index (Phi) is 6.15. The molecule has 1 aliphatic rings. The molecule has 0 bridgehead atoms. The van der Waals surface area contributed by atoms with Crippen LogP contribution in [-0.2, 0) is 6.18 Å². The second-order valence-electron chi connectivity index (χ2n) is 5.98. The zero-order valence-electron chi connectivity index (χ0n) is 12.5. The van der Waals surface area contributed by atoms with Crippen LogP contribution in [0.25, 0.3) is 0 Å². The SMILES string of the molecule is C[C@H](COc1ccc(Br)c(C(F)(F)F)c1)CC1CCNCC1. The fraction of sp³-hybridized carbons (Fsp3) is 0.625. The highest BCUT2D eigenvalue weighted by Gasteiger charge is 2.33. The lowest BCUT2D eigenvalue weighted by atomic mass is 9.89. The summed E-state index contributed by atoms with van der Waals surface area (Å²) < 4.78 is 44.1. The van der Waals surface area contributed by atoms with E-state index in [2.05, 4.69) is 28.2 Å². The first-order valence-electron chi connectivity index (χ1n) is 7.56. The van der Waals surface area contributed by atoms with E-state index in [1.807, 2.05) is 0 Å². The van der Waals surface area contributed by atoms with Gasteiger partial charge in [-0.25, -0.2) is 0 Å². The Bertz CT molecular complexity index is 487. The average molecular weight is 380 g/mol. The van der Waals surface area contributed by atoms with Crippen LogP contribution in [0, 0.1) is 11.8 Å². The minimum absolute atomic E-state index is 0.0371. The minimum Gasteiger partial charge on any atom is -0.493 e. The van der Waals surface area contributed by atoms with Gasteiger partial charge in [0.15, 0.2) is 0 Å². The predicted octanol–water partition coefficient (Wildman–Crippen LogP) is 4.87. The van der Waals surface area contributed by atoms with Crippen LogP contribution < -0.4 is 10.1 Å². The smallest absolute Gasteiger partial charge is 0.417 e. The first-order chi connectivity index (χ1) is 10.4. The number of rotatable bonds is 5. The van der Waals surface area contributed by atoms with Crippen molar-refractivity contribution in [3.05, 3.63) is 28.2 Å². The molecule has 1 N–H and O–H groups in total. The van der Waals surface area contributed by atoms with Gasteiger partial charge in [-0.1, -0.05) is 22.9 Å². The lowest BCUT2D eigenvalue weighted by Crippen LogP contribution is -2.29. The molecule has 0 saturated carbocycles. The van der Waals surface area contributed by atoms with Crippen molar-refractivity contribution in [1.29, 1.82) is 0 Å². The number of ether oxygens (including phenoxy) is 1. The molecule has 1 aromatic carbocycles. The van der Waals surface area contributed by atoms with Gasteiger partial charge in [-0.05, 0) is 62.4 Å². The zero-order chi connectivity index (χ0) is 16.2. The van der Waals surface area contributed by atoms with Gasteiger partial charge in [-0.3, -0.25) is 0 Å². The zero-order valence-corrected chi connectivity index (χ0v) is 14.1. The van der Waals surface area contributed by atoms with Gasteiger partial charge in [-0.2, -0.15) is 13.2 Å². The number of halogens is 4. The third-order valence-corrected chi connectivity index (χ3v) is 4.66. The Morgan fingerprint density at radius 3 is 2.64 bits per heavy atom. The molecule has 0 amide bonds. The number of benzene rings is 1. The van der Waals surface area contributed by atoms with Crippen LogP contribution in [-0.4, -0.2) is 19.7 Å². The molecule has 6 heteroatoms. The van der Waals surface area contributed by atoms with E-state index in [1.165, 1.54) is 18.9 Å². The fourth-order valence-electron chi connectivity index (χ4n) is 2.80. The maximum atomic E-state index is 12.8. The van der Waals surface area contributed by atoms with Crippen LogP contribution >= 0.6 is 15.9 Å². The number of alkyl halides is 3. The van der Waals surface area contributed by atoms with Gasteiger partial charge in [0, 0.05) is 4.47 Å². The van der Waals surface area contributed by atoms with Crippen molar-refractivity contribution in [3.8, 4) is 5.75 Å². The molecule has 2 nitrogen and oxygen atoms in total. The van der Waals surface area contributed by atoms with Crippen LogP contribution in [0.2, 0.25) is 0 Å². The third kappa shape index (κ3) is 5.16. The van der Waals surface area contributed by atoms with E-state index in [9.17, 15) is 13.2 Å². The van der Waals surface area contributed by atoms with Crippen molar-refractivity contribution in [3.63, 3.8) is 0 Å². The normalized spacial score (nSPS) is 18.2. The molecular weight excluding hydrogens is 359 g/mol. The van der Waals surface area contributed by atoms with Crippen molar-refractivity contribution < 1.29 is 17.9 Å². The molecule has 1 heterocycles. The van der Waals surface area contributed by atoms with E-state index in [0.29, 0.717) is 18.4 Å². The Hall–Kier alpha value is -0.750. The topological polar surface area (TPSA) is 21.3 Å². The maximum Gasteiger partial charge on any atom is 0.417 e. The van der Waals surface area contributed by atoms with E-state index in [4.69, 9.17) is 4.74 Å². The van der Waals surface area contributed by atoms with Crippen molar-refractivity contribution in [2.45, 2.75) is 32.4 Å². The second kappa shape index (κ2) is 7.68. The number of hydrogen-bond donors (Lipinski definition) is 1. The Morgan fingerprint density at radius 2 is 2.00 bits per heavy atom. The van der Waals surface area contributed by atoms with Gasteiger partial charge in [-0.15, -0.1) is 0 Å². The largest absolute Gasteiger partial charge is 0.493 e. The van der Waals surface area contributed by atoms with Crippen LogP contribution in [0.3, 0.4) is 0 Å². The van der Waals surface area contributed by atoms with E-state index in [0.717, 1.165) is 25.6 Å². The van der Waals surface area contributed by atoms with Crippen LogP contribution in [0.15, 0.2) is 22.7 Å². The first-order valence-corrected chi connectivity index (χ1v) is 8.36. The fourth-order valence-corrected chi connectivity index (χ4v) is 3.28. The lowest BCUT2D eigenvalue weighted by Gasteiger charge is -2.25. The molecule has 0 spiro atoms. The molecule has 124 valence electrons. The molecule has 0 radical (unpaired) electrons. The molecule has 1 atom stereocenters. The monoisotopic (exact) mass is 379 g/mol. The highest BCUT2D eigenvalue weighted by atomic mass is 79.9. The molecule has 0 aromatic heterocycles.